The maximum atomic E-state index is 6.77. The Morgan fingerprint density at radius 2 is 0.758 bits per heavy atom. The lowest BCUT2D eigenvalue weighted by molar-refractivity contribution is 0.0310. The molecule has 0 saturated carbocycles. The van der Waals surface area contributed by atoms with E-state index in [0.29, 0.717) is 30.1 Å². The molecule has 4 aromatic carbocycles. The summed E-state index contributed by atoms with van der Waals surface area (Å²) in [5.41, 5.74) is 3.25. The van der Waals surface area contributed by atoms with Crippen LogP contribution < -0.4 is 0 Å². The van der Waals surface area contributed by atoms with Crippen LogP contribution in [0.3, 0.4) is 0 Å². The van der Waals surface area contributed by atoms with E-state index in [2.05, 4.69) is 0 Å². The van der Waals surface area contributed by atoms with Crippen molar-refractivity contribution in [2.24, 2.45) is 0 Å². The van der Waals surface area contributed by atoms with Crippen molar-refractivity contribution < 1.29 is 4.74 Å². The molecule has 0 aromatic heterocycles. The van der Waals surface area contributed by atoms with Gasteiger partial charge in [0.05, 0.1) is 0 Å². The van der Waals surface area contributed by atoms with Crippen molar-refractivity contribution in [1.29, 1.82) is 0 Å². The number of ether oxygens (including phenoxy) is 1. The maximum Gasteiger partial charge on any atom is 0.110 e. The molecule has 0 bridgehead atoms. The van der Waals surface area contributed by atoms with Crippen LogP contribution in [0.5, 0.6) is 0 Å². The van der Waals surface area contributed by atoms with Gasteiger partial charge in [-0.15, -0.1) is 0 Å². The largest absolute Gasteiger partial charge is 0.356 e. The lowest BCUT2D eigenvalue weighted by Gasteiger charge is -2.28. The lowest BCUT2D eigenvalue weighted by Crippen LogP contribution is -2.14. The van der Waals surface area contributed by atoms with Crippen LogP contribution in [0.15, 0.2) is 84.9 Å². The van der Waals surface area contributed by atoms with E-state index in [-0.39, 0.29) is 0 Å². The van der Waals surface area contributed by atoms with Gasteiger partial charge in [0.15, 0.2) is 0 Å². The Morgan fingerprint density at radius 1 is 0.424 bits per heavy atom. The Balaban J connectivity index is 1.86. The molecule has 4 aromatic rings. The summed E-state index contributed by atoms with van der Waals surface area (Å²) in [6.07, 6.45) is -1.08. The molecule has 2 unspecified atom stereocenters. The maximum absolute atomic E-state index is 6.77. The van der Waals surface area contributed by atoms with Crippen molar-refractivity contribution in [2.75, 3.05) is 0 Å². The highest BCUT2D eigenvalue weighted by molar-refractivity contribution is 6.35. The van der Waals surface area contributed by atoms with Crippen LogP contribution in [0.2, 0.25) is 30.1 Å². The third-order valence-electron chi connectivity index (χ3n) is 5.11. The van der Waals surface area contributed by atoms with Crippen molar-refractivity contribution >= 4 is 69.6 Å². The topological polar surface area (TPSA) is 9.23 Å². The highest BCUT2D eigenvalue weighted by Crippen LogP contribution is 2.41. The SMILES string of the molecule is Clc1ccc(C(OC(c2ccc(Cl)cc2)c2ccc(Cl)cc2Cl)c2ccc(Cl)cc2Cl)cc1. The highest BCUT2D eigenvalue weighted by Gasteiger charge is 2.26. The molecule has 4 rings (SSSR count). The summed E-state index contributed by atoms with van der Waals surface area (Å²) in [6.45, 7) is 0. The van der Waals surface area contributed by atoms with Crippen molar-refractivity contribution in [3.8, 4) is 0 Å². The number of hydrogen-bond donors (Lipinski definition) is 0. The fourth-order valence-corrected chi connectivity index (χ4v) is 4.77. The second kappa shape index (κ2) is 10.9. The summed E-state index contributed by atoms with van der Waals surface area (Å²) in [7, 11) is 0. The molecule has 2 atom stereocenters. The Labute approximate surface area is 222 Å². The van der Waals surface area contributed by atoms with Crippen LogP contribution in [0.25, 0.3) is 0 Å². The molecule has 0 fully saturated rings. The average molecular weight is 557 g/mol. The quantitative estimate of drug-likeness (QED) is 0.229. The van der Waals surface area contributed by atoms with Crippen molar-refractivity contribution in [3.05, 3.63) is 137 Å². The predicted octanol–water partition coefficient (Wildman–Crippen LogP) is 10.5. The van der Waals surface area contributed by atoms with Crippen molar-refractivity contribution in [1.82, 2.24) is 0 Å². The normalized spacial score (nSPS) is 13.0. The van der Waals surface area contributed by atoms with Crippen LogP contribution in [-0.4, -0.2) is 0 Å². The highest BCUT2D eigenvalue weighted by atomic mass is 35.5. The Morgan fingerprint density at radius 3 is 1.09 bits per heavy atom. The first-order valence-electron chi connectivity index (χ1n) is 9.88. The van der Waals surface area contributed by atoms with Gasteiger partial charge in [-0.25, -0.2) is 0 Å². The van der Waals surface area contributed by atoms with Gasteiger partial charge in [0.25, 0.3) is 0 Å². The number of rotatable bonds is 6. The Hall–Kier alpha value is -1.42. The van der Waals surface area contributed by atoms with Crippen LogP contribution in [-0.2, 0) is 4.74 Å². The Bertz CT molecular complexity index is 1160. The lowest BCUT2D eigenvalue weighted by atomic mass is 9.97. The van der Waals surface area contributed by atoms with Gasteiger partial charge in [0, 0.05) is 41.3 Å². The number of benzene rings is 4. The third kappa shape index (κ3) is 5.99. The van der Waals surface area contributed by atoms with E-state index in [1.807, 2.05) is 60.7 Å². The molecule has 0 saturated heterocycles. The van der Waals surface area contributed by atoms with E-state index >= 15 is 0 Å². The van der Waals surface area contributed by atoms with E-state index in [9.17, 15) is 0 Å². The van der Waals surface area contributed by atoms with E-state index in [1.165, 1.54) is 0 Å². The monoisotopic (exact) mass is 554 g/mol. The first-order chi connectivity index (χ1) is 15.8. The first-order valence-corrected chi connectivity index (χ1v) is 12.1. The number of hydrogen-bond acceptors (Lipinski definition) is 1. The van der Waals surface area contributed by atoms with Gasteiger partial charge >= 0.3 is 0 Å². The fourth-order valence-electron chi connectivity index (χ4n) is 3.50. The molecule has 0 radical (unpaired) electrons. The summed E-state index contributed by atoms with van der Waals surface area (Å²) < 4.78 is 6.77. The van der Waals surface area contributed by atoms with Gasteiger partial charge in [-0.2, -0.15) is 0 Å². The minimum absolute atomic E-state index is 0.486. The van der Waals surface area contributed by atoms with E-state index in [0.717, 1.165) is 22.3 Å². The van der Waals surface area contributed by atoms with Gasteiger partial charge in [0.2, 0.25) is 0 Å². The molecule has 0 aliphatic heterocycles. The molecule has 1 nitrogen and oxygen atoms in total. The minimum atomic E-state index is -0.542. The van der Waals surface area contributed by atoms with Crippen LogP contribution >= 0.6 is 69.6 Å². The van der Waals surface area contributed by atoms with E-state index in [4.69, 9.17) is 74.3 Å². The van der Waals surface area contributed by atoms with Crippen LogP contribution in [0.1, 0.15) is 34.5 Å². The van der Waals surface area contributed by atoms with Gasteiger partial charge in [-0.3, -0.25) is 0 Å². The first kappa shape index (κ1) is 24.7. The molecule has 0 N–H and O–H groups in total. The van der Waals surface area contributed by atoms with Crippen molar-refractivity contribution in [3.63, 3.8) is 0 Å². The predicted molar refractivity (Wildman–Crippen MR) is 141 cm³/mol. The summed E-state index contributed by atoms with van der Waals surface area (Å²) in [4.78, 5) is 0. The fraction of sp³-hybridized carbons (Fsp3) is 0.0769. The number of halogens is 6. The second-order valence-electron chi connectivity index (χ2n) is 7.33. The molecular weight excluding hydrogens is 541 g/mol. The summed E-state index contributed by atoms with van der Waals surface area (Å²) in [6, 6.07) is 25.5. The summed E-state index contributed by atoms with van der Waals surface area (Å²) >= 11 is 37.8. The molecule has 0 aliphatic rings. The molecule has 0 amide bonds. The minimum Gasteiger partial charge on any atom is -0.356 e. The van der Waals surface area contributed by atoms with Crippen molar-refractivity contribution in [2.45, 2.75) is 12.2 Å². The zero-order valence-electron chi connectivity index (χ0n) is 16.9. The zero-order valence-corrected chi connectivity index (χ0v) is 21.4. The van der Waals surface area contributed by atoms with Gasteiger partial charge in [-0.1, -0.05) is 106 Å². The second-order valence-corrected chi connectivity index (χ2v) is 9.89. The van der Waals surface area contributed by atoms with E-state index < -0.39 is 12.2 Å². The van der Waals surface area contributed by atoms with E-state index in [1.54, 1.807) is 24.3 Å². The Kier molecular flexibility index (Phi) is 8.15. The van der Waals surface area contributed by atoms with Crippen LogP contribution in [0.4, 0.5) is 0 Å². The molecule has 7 heteroatoms. The summed E-state index contributed by atoms with van der Waals surface area (Å²) in [5, 5.41) is 3.28. The van der Waals surface area contributed by atoms with Gasteiger partial charge < -0.3 is 4.74 Å². The molecule has 168 valence electrons. The molecule has 0 aliphatic carbocycles. The zero-order chi connectivity index (χ0) is 23.5. The van der Waals surface area contributed by atoms with Crippen LogP contribution in [0, 0.1) is 0 Å². The smallest absolute Gasteiger partial charge is 0.110 e. The third-order valence-corrected chi connectivity index (χ3v) is 6.74. The molecule has 0 heterocycles. The van der Waals surface area contributed by atoms with Gasteiger partial charge in [-0.05, 0) is 59.7 Å². The standard InChI is InChI=1S/C26H16Cl6O/c27-17-5-1-15(2-6-17)25(21-11-9-19(29)13-23(21)31)33-26(16-3-7-18(28)8-4-16)22-12-10-20(30)14-24(22)32/h1-14,25-26H. The molecule has 0 spiro atoms. The van der Waals surface area contributed by atoms with Gasteiger partial charge in [0.1, 0.15) is 12.2 Å². The summed E-state index contributed by atoms with van der Waals surface area (Å²) in [5.74, 6) is 0. The molecular formula is C26H16Cl6O. The average Bonchev–Trinajstić information content (AvgIpc) is 2.78. The molecule has 33 heavy (non-hydrogen) atoms.